The van der Waals surface area contributed by atoms with Crippen LogP contribution in [-0.2, 0) is 10.0 Å². The largest absolute Gasteiger partial charge is 0.454 e. The number of halogens is 1. The molecule has 0 saturated heterocycles. The van der Waals surface area contributed by atoms with Gasteiger partial charge in [-0.25, -0.2) is 8.42 Å². The zero-order valence-corrected chi connectivity index (χ0v) is 17.9. The van der Waals surface area contributed by atoms with Crippen molar-refractivity contribution in [2.75, 3.05) is 16.2 Å². The van der Waals surface area contributed by atoms with Crippen molar-refractivity contribution in [1.29, 1.82) is 0 Å². The van der Waals surface area contributed by atoms with Crippen LogP contribution < -0.4 is 14.4 Å². The smallest absolute Gasteiger partial charge is 0.271 e. The summed E-state index contributed by atoms with van der Waals surface area (Å²) in [6, 6.07) is 15.2. The molecule has 1 aliphatic heterocycles. The number of hydrogen-bond acceptors (Lipinski definition) is 5. The quantitative estimate of drug-likeness (QED) is 0.566. The van der Waals surface area contributed by atoms with Crippen LogP contribution in [0.25, 0.3) is 0 Å². The van der Waals surface area contributed by atoms with Gasteiger partial charge in [-0.3, -0.25) is 9.52 Å². The molecule has 144 valence electrons. The van der Waals surface area contributed by atoms with Crippen molar-refractivity contribution < 1.29 is 17.9 Å². The average molecular weight is 479 g/mol. The third-order valence-corrected chi connectivity index (χ3v) is 7.71. The second-order valence-electron chi connectivity index (χ2n) is 5.99. The Labute approximate surface area is 174 Å². The van der Waals surface area contributed by atoms with Crippen LogP contribution in [0.2, 0.25) is 0 Å². The first-order valence-corrected chi connectivity index (χ1v) is 11.5. The van der Waals surface area contributed by atoms with E-state index < -0.39 is 10.0 Å². The fraction of sp³-hybridized carbons (Fsp3) is 0.105. The number of nitrogens with one attached hydrogen (secondary N) is 1. The molecule has 6 nitrogen and oxygen atoms in total. The van der Waals surface area contributed by atoms with Gasteiger partial charge in [0.2, 0.25) is 0 Å². The zero-order chi connectivity index (χ0) is 19.9. The lowest BCUT2D eigenvalue weighted by Gasteiger charge is -2.19. The molecule has 28 heavy (non-hydrogen) atoms. The van der Waals surface area contributed by atoms with Gasteiger partial charge in [0.15, 0.2) is 5.75 Å². The van der Waals surface area contributed by atoms with E-state index in [1.807, 2.05) is 25.1 Å². The van der Waals surface area contributed by atoms with Crippen LogP contribution in [-0.4, -0.2) is 20.9 Å². The summed E-state index contributed by atoms with van der Waals surface area (Å²) in [6.45, 7) is 2.33. The number of carbonyl (C=O) groups excluding carboxylic acids is 1. The first-order chi connectivity index (χ1) is 13.4. The number of hydrogen-bond donors (Lipinski definition) is 1. The number of ether oxygens (including phenoxy) is 1. The molecule has 1 N–H and O–H groups in total. The summed E-state index contributed by atoms with van der Waals surface area (Å²) < 4.78 is 34.5. The second kappa shape index (κ2) is 7.23. The summed E-state index contributed by atoms with van der Waals surface area (Å²) in [6.07, 6.45) is 0. The van der Waals surface area contributed by atoms with Crippen LogP contribution in [0.3, 0.4) is 0 Å². The fourth-order valence-electron chi connectivity index (χ4n) is 2.95. The van der Waals surface area contributed by atoms with Crippen molar-refractivity contribution in [3.05, 3.63) is 63.9 Å². The second-order valence-corrected chi connectivity index (χ2v) is 10.4. The van der Waals surface area contributed by atoms with Gasteiger partial charge in [-0.2, -0.15) is 0 Å². The molecule has 0 fully saturated rings. The number of benzene rings is 2. The van der Waals surface area contributed by atoms with Gasteiger partial charge in [-0.05, 0) is 65.3 Å². The maximum Gasteiger partial charge on any atom is 0.271 e. The number of fused-ring (bicyclic) bond motifs is 2. The van der Waals surface area contributed by atoms with Crippen molar-refractivity contribution in [1.82, 2.24) is 0 Å². The molecular weight excluding hydrogens is 464 g/mol. The van der Waals surface area contributed by atoms with Crippen LogP contribution in [0.4, 0.5) is 11.4 Å². The maximum absolute atomic E-state index is 13.1. The van der Waals surface area contributed by atoms with Crippen molar-refractivity contribution >= 4 is 54.6 Å². The third-order valence-electron chi connectivity index (χ3n) is 4.21. The van der Waals surface area contributed by atoms with E-state index in [0.717, 1.165) is 15.1 Å². The summed E-state index contributed by atoms with van der Waals surface area (Å²) in [5, 5.41) is 0. The van der Waals surface area contributed by atoms with E-state index >= 15 is 0 Å². The molecule has 9 heteroatoms. The van der Waals surface area contributed by atoms with E-state index in [-0.39, 0.29) is 10.1 Å². The van der Waals surface area contributed by atoms with Gasteiger partial charge < -0.3 is 9.64 Å². The normalized spacial score (nSPS) is 13.4. The van der Waals surface area contributed by atoms with Crippen molar-refractivity contribution in [2.45, 2.75) is 11.1 Å². The fourth-order valence-corrected chi connectivity index (χ4v) is 6.01. The Balaban J connectivity index is 1.73. The highest BCUT2D eigenvalue weighted by molar-refractivity contribution is 9.11. The topological polar surface area (TPSA) is 75.7 Å². The van der Waals surface area contributed by atoms with E-state index in [1.54, 1.807) is 29.2 Å². The van der Waals surface area contributed by atoms with Crippen LogP contribution in [0, 0.1) is 0 Å². The van der Waals surface area contributed by atoms with Crippen LogP contribution in [0.5, 0.6) is 11.5 Å². The van der Waals surface area contributed by atoms with Gasteiger partial charge in [0.25, 0.3) is 15.9 Å². The number of rotatable bonds is 4. The molecule has 0 aliphatic carbocycles. The molecule has 0 atom stereocenters. The number of sulfonamides is 1. The molecule has 0 radical (unpaired) electrons. The molecule has 2 aromatic carbocycles. The summed E-state index contributed by atoms with van der Waals surface area (Å²) in [5.74, 6) is 0.714. The maximum atomic E-state index is 13.1. The minimum absolute atomic E-state index is 0.180. The Morgan fingerprint density at radius 1 is 1.11 bits per heavy atom. The van der Waals surface area contributed by atoms with Gasteiger partial charge in [0.1, 0.15) is 9.96 Å². The van der Waals surface area contributed by atoms with Gasteiger partial charge in [0, 0.05) is 12.2 Å². The van der Waals surface area contributed by atoms with E-state index in [1.165, 1.54) is 12.1 Å². The zero-order valence-electron chi connectivity index (χ0n) is 14.7. The van der Waals surface area contributed by atoms with E-state index in [9.17, 15) is 13.2 Å². The Bertz CT molecular complexity index is 1170. The standard InChI is InChI=1S/C19H15BrN2O4S2/c1-2-22-14-5-3-4-6-16(14)26-15-8-7-12(11-13(15)19(22)23)21-28(24,25)18-10-9-17(20)27-18/h3-11,21H,2H2,1H3. The molecule has 0 bridgehead atoms. The molecule has 0 unspecified atom stereocenters. The first-order valence-electron chi connectivity index (χ1n) is 8.40. The minimum Gasteiger partial charge on any atom is -0.454 e. The Morgan fingerprint density at radius 2 is 1.89 bits per heavy atom. The Kier molecular flexibility index (Phi) is 4.90. The van der Waals surface area contributed by atoms with E-state index in [2.05, 4.69) is 20.7 Å². The van der Waals surface area contributed by atoms with Gasteiger partial charge in [0.05, 0.1) is 15.0 Å². The number of nitrogens with zero attached hydrogens (tertiary/aromatic N) is 1. The monoisotopic (exact) mass is 478 g/mol. The van der Waals surface area contributed by atoms with Gasteiger partial charge >= 0.3 is 0 Å². The molecule has 2 heterocycles. The highest BCUT2D eigenvalue weighted by atomic mass is 79.9. The minimum atomic E-state index is -3.75. The van der Waals surface area contributed by atoms with Crippen LogP contribution >= 0.6 is 27.3 Å². The molecule has 3 aromatic rings. The van der Waals surface area contributed by atoms with Crippen LogP contribution in [0.15, 0.2) is 62.6 Å². The number of thiophene rings is 1. The number of anilines is 2. The molecule has 0 spiro atoms. The van der Waals surface area contributed by atoms with Gasteiger partial charge in [-0.1, -0.05) is 12.1 Å². The molecule has 1 amide bonds. The highest BCUT2D eigenvalue weighted by Gasteiger charge is 2.28. The lowest BCUT2D eigenvalue weighted by atomic mass is 10.1. The predicted molar refractivity (Wildman–Crippen MR) is 113 cm³/mol. The van der Waals surface area contributed by atoms with Crippen molar-refractivity contribution in [3.63, 3.8) is 0 Å². The summed E-state index contributed by atoms with van der Waals surface area (Å²) in [7, 11) is -3.75. The Hall–Kier alpha value is -2.36. The molecule has 1 aliphatic rings. The molecule has 0 saturated carbocycles. The third kappa shape index (κ3) is 3.41. The molecular formula is C19H15BrN2O4S2. The predicted octanol–water partition coefficient (Wildman–Crippen LogP) is 5.08. The van der Waals surface area contributed by atoms with Crippen LogP contribution in [0.1, 0.15) is 17.3 Å². The lowest BCUT2D eigenvalue weighted by molar-refractivity contribution is 0.0988. The first kappa shape index (κ1) is 19.0. The molecule has 4 rings (SSSR count). The van der Waals surface area contributed by atoms with Crippen molar-refractivity contribution in [2.24, 2.45) is 0 Å². The molecule has 1 aromatic heterocycles. The van der Waals surface area contributed by atoms with Crippen molar-refractivity contribution in [3.8, 4) is 11.5 Å². The average Bonchev–Trinajstić information content (AvgIpc) is 3.07. The van der Waals surface area contributed by atoms with E-state index in [0.29, 0.717) is 35.0 Å². The summed E-state index contributed by atoms with van der Waals surface area (Å²) in [4.78, 5) is 14.7. The number of carbonyl (C=O) groups is 1. The summed E-state index contributed by atoms with van der Waals surface area (Å²) >= 11 is 4.37. The van der Waals surface area contributed by atoms with E-state index in [4.69, 9.17) is 4.74 Å². The van der Waals surface area contributed by atoms with Gasteiger partial charge in [-0.15, -0.1) is 11.3 Å². The lowest BCUT2D eigenvalue weighted by Crippen LogP contribution is -2.29. The Morgan fingerprint density at radius 3 is 2.61 bits per heavy atom. The SMILES string of the molecule is CCN1C(=O)c2cc(NS(=O)(=O)c3ccc(Br)s3)ccc2Oc2ccccc21. The number of para-hydroxylation sites is 2. The summed E-state index contributed by atoms with van der Waals surface area (Å²) in [5.41, 5.74) is 1.27. The number of amides is 1. The highest BCUT2D eigenvalue weighted by Crippen LogP contribution is 2.39.